The van der Waals surface area contributed by atoms with Crippen LogP contribution < -0.4 is 30.3 Å². The second-order valence-corrected chi connectivity index (χ2v) is 8.81. The normalized spacial score (nSPS) is 15.9. The zero-order valence-corrected chi connectivity index (χ0v) is 22.8. The second-order valence-electron chi connectivity index (χ2n) is 7.96. The number of hydrazone groups is 1. The molecule has 13 heteroatoms. The molecule has 0 radical (unpaired) electrons. The number of phenols is 1. The van der Waals surface area contributed by atoms with Crippen LogP contribution in [0.4, 0.5) is 4.79 Å². The first-order valence-electron chi connectivity index (χ1n) is 11.5. The van der Waals surface area contributed by atoms with Gasteiger partial charge in [0, 0.05) is 15.7 Å². The highest BCUT2D eigenvalue weighted by atomic mass is 79.9. The molecule has 2 aromatic rings. The van der Waals surface area contributed by atoms with Crippen molar-refractivity contribution in [1.29, 1.82) is 0 Å². The maximum atomic E-state index is 12.4. The van der Waals surface area contributed by atoms with Gasteiger partial charge in [-0.15, -0.1) is 0 Å². The number of nitrogens with one attached hydrogen (secondary N) is 3. The number of carbonyl (C=O) groups is 2. The Labute approximate surface area is 227 Å². The minimum absolute atomic E-state index is 0.0238. The number of carbonyl (C=O) groups excluding carboxylic acids is 2. The van der Waals surface area contributed by atoms with E-state index in [1.165, 1.54) is 26.5 Å². The maximum absolute atomic E-state index is 12.4. The first-order chi connectivity index (χ1) is 18.2. The number of rotatable bonds is 11. The Morgan fingerprint density at radius 2 is 1.97 bits per heavy atom. The van der Waals surface area contributed by atoms with Gasteiger partial charge in [0.25, 0.3) is 0 Å². The summed E-state index contributed by atoms with van der Waals surface area (Å²) < 4.78 is 22.0. The van der Waals surface area contributed by atoms with Gasteiger partial charge in [-0.1, -0.05) is 6.07 Å². The van der Waals surface area contributed by atoms with Crippen molar-refractivity contribution >= 4 is 34.1 Å². The summed E-state index contributed by atoms with van der Waals surface area (Å²) in [5, 5.41) is 29.4. The average molecular weight is 593 g/mol. The number of amides is 2. The Balaban J connectivity index is 1.71. The van der Waals surface area contributed by atoms with Crippen LogP contribution in [0.15, 0.2) is 51.2 Å². The van der Waals surface area contributed by atoms with Crippen molar-refractivity contribution in [2.45, 2.75) is 26.1 Å². The van der Waals surface area contributed by atoms with Crippen molar-refractivity contribution in [2.75, 3.05) is 27.4 Å². The molecule has 0 unspecified atom stereocenters. The molecule has 204 valence electrons. The summed E-state index contributed by atoms with van der Waals surface area (Å²) in [5.74, 6) is 0.372. The monoisotopic (exact) mass is 592 g/mol. The van der Waals surface area contributed by atoms with Crippen LogP contribution in [0.3, 0.4) is 0 Å². The van der Waals surface area contributed by atoms with E-state index in [9.17, 15) is 19.8 Å². The summed E-state index contributed by atoms with van der Waals surface area (Å²) in [6.45, 7) is 3.57. The highest BCUT2D eigenvalue weighted by Gasteiger charge is 2.32. The lowest BCUT2D eigenvalue weighted by atomic mass is 9.95. The van der Waals surface area contributed by atoms with Crippen LogP contribution in [0.25, 0.3) is 0 Å². The third kappa shape index (κ3) is 6.86. The largest absolute Gasteiger partial charge is 0.504 e. The molecule has 0 bridgehead atoms. The minimum Gasteiger partial charge on any atom is -0.504 e. The van der Waals surface area contributed by atoms with E-state index in [0.29, 0.717) is 39.4 Å². The van der Waals surface area contributed by atoms with Gasteiger partial charge in [0.05, 0.1) is 38.7 Å². The topological polar surface area (TPSA) is 160 Å². The standard InChI is InChI=1S/C25H29BrN4O8/c1-5-37-20-8-14(23-22(24(33)36-4)13(2)28-25(34)29-23)6-7-18(20)38-12-21(32)30-27-11-15-9-19(35-3)17(31)10-16(15)26/h6-11,21,23,30-32H,5,12H2,1-4H3,(H2,28,29,34)/b27-11-/t21-,23+/m0/s1. The first-order valence-corrected chi connectivity index (χ1v) is 12.3. The molecule has 1 aliphatic rings. The minimum atomic E-state index is -1.17. The molecule has 1 heterocycles. The maximum Gasteiger partial charge on any atom is 0.337 e. The Morgan fingerprint density at radius 3 is 2.66 bits per heavy atom. The molecule has 2 aromatic carbocycles. The Morgan fingerprint density at radius 1 is 1.21 bits per heavy atom. The van der Waals surface area contributed by atoms with Crippen molar-refractivity contribution in [2.24, 2.45) is 5.10 Å². The molecular weight excluding hydrogens is 564 g/mol. The van der Waals surface area contributed by atoms with Gasteiger partial charge < -0.3 is 39.8 Å². The number of allylic oxidation sites excluding steroid dienone is 1. The molecule has 0 spiro atoms. The number of esters is 1. The number of aliphatic hydroxyl groups excluding tert-OH is 1. The Kier molecular flexibility index (Phi) is 9.79. The number of aromatic hydroxyl groups is 1. The van der Waals surface area contributed by atoms with Crippen molar-refractivity contribution in [1.82, 2.24) is 16.1 Å². The average Bonchev–Trinajstić information content (AvgIpc) is 2.88. The molecule has 0 saturated heterocycles. The number of nitrogens with zero attached hydrogens (tertiary/aromatic N) is 1. The molecule has 0 saturated carbocycles. The molecule has 2 atom stereocenters. The quantitative estimate of drug-likeness (QED) is 0.114. The Hall–Kier alpha value is -3.97. The van der Waals surface area contributed by atoms with Crippen LogP contribution in [0.5, 0.6) is 23.0 Å². The molecule has 5 N–H and O–H groups in total. The zero-order chi connectivity index (χ0) is 27.8. The lowest BCUT2D eigenvalue weighted by Gasteiger charge is -2.28. The van der Waals surface area contributed by atoms with E-state index >= 15 is 0 Å². The van der Waals surface area contributed by atoms with Crippen LogP contribution in [0, 0.1) is 0 Å². The summed E-state index contributed by atoms with van der Waals surface area (Å²) in [7, 11) is 2.70. The van der Waals surface area contributed by atoms with E-state index in [4.69, 9.17) is 18.9 Å². The predicted molar refractivity (Wildman–Crippen MR) is 141 cm³/mol. The van der Waals surface area contributed by atoms with E-state index in [0.717, 1.165) is 0 Å². The van der Waals surface area contributed by atoms with Gasteiger partial charge >= 0.3 is 12.0 Å². The number of phenolic OH excluding ortho intramolecular Hbond substituents is 1. The van der Waals surface area contributed by atoms with Crippen molar-refractivity contribution in [3.05, 3.63) is 57.2 Å². The van der Waals surface area contributed by atoms with E-state index < -0.39 is 24.3 Å². The fraction of sp³-hybridized carbons (Fsp3) is 0.320. The van der Waals surface area contributed by atoms with Crippen molar-refractivity contribution in [3.8, 4) is 23.0 Å². The fourth-order valence-electron chi connectivity index (χ4n) is 3.64. The van der Waals surface area contributed by atoms with Gasteiger partial charge in [0.15, 0.2) is 29.2 Å². The predicted octanol–water partition coefficient (Wildman–Crippen LogP) is 2.68. The van der Waals surface area contributed by atoms with E-state index in [1.807, 2.05) is 0 Å². The number of urea groups is 1. The molecule has 38 heavy (non-hydrogen) atoms. The smallest absolute Gasteiger partial charge is 0.337 e. The number of aliphatic hydroxyl groups is 1. The van der Waals surface area contributed by atoms with Gasteiger partial charge in [-0.25, -0.2) is 9.59 Å². The SMILES string of the molecule is CCOc1cc([C@H]2NC(=O)NC(C)=C2C(=O)OC)ccc1OC[C@H](O)N/N=C\c1cc(OC)c(O)cc1Br. The van der Waals surface area contributed by atoms with E-state index in [-0.39, 0.29) is 23.7 Å². The summed E-state index contributed by atoms with van der Waals surface area (Å²) in [5.41, 5.74) is 4.38. The number of hydrogen-bond donors (Lipinski definition) is 5. The van der Waals surface area contributed by atoms with Crippen LogP contribution in [0.2, 0.25) is 0 Å². The second kappa shape index (κ2) is 13.0. The molecular formula is C25H29BrN4O8. The van der Waals surface area contributed by atoms with Crippen molar-refractivity contribution < 1.29 is 38.7 Å². The van der Waals surface area contributed by atoms with Crippen molar-refractivity contribution in [3.63, 3.8) is 0 Å². The third-order valence-corrected chi connectivity index (χ3v) is 6.08. The van der Waals surface area contributed by atoms with E-state index in [1.54, 1.807) is 38.1 Å². The molecule has 1 aliphatic heterocycles. The highest BCUT2D eigenvalue weighted by Crippen LogP contribution is 2.35. The number of hydrogen-bond acceptors (Lipinski definition) is 10. The lowest BCUT2D eigenvalue weighted by Crippen LogP contribution is -2.45. The highest BCUT2D eigenvalue weighted by molar-refractivity contribution is 9.10. The summed E-state index contributed by atoms with van der Waals surface area (Å²) >= 11 is 3.33. The van der Waals surface area contributed by atoms with Gasteiger partial charge in [-0.2, -0.15) is 5.10 Å². The van der Waals surface area contributed by atoms with Crippen LogP contribution >= 0.6 is 15.9 Å². The number of benzene rings is 2. The summed E-state index contributed by atoms with van der Waals surface area (Å²) in [6.07, 6.45) is 0.274. The zero-order valence-electron chi connectivity index (χ0n) is 21.2. The third-order valence-electron chi connectivity index (χ3n) is 5.40. The molecule has 3 rings (SSSR count). The van der Waals surface area contributed by atoms with Gasteiger partial charge in [-0.05, 0) is 59.6 Å². The fourth-order valence-corrected chi connectivity index (χ4v) is 4.07. The lowest BCUT2D eigenvalue weighted by molar-refractivity contribution is -0.136. The molecule has 0 aromatic heterocycles. The van der Waals surface area contributed by atoms with Gasteiger partial charge in [-0.3, -0.25) is 5.43 Å². The number of halogens is 1. The van der Waals surface area contributed by atoms with Crippen LogP contribution in [0.1, 0.15) is 31.0 Å². The molecule has 12 nitrogen and oxygen atoms in total. The molecule has 0 aliphatic carbocycles. The van der Waals surface area contributed by atoms with E-state index in [2.05, 4.69) is 37.1 Å². The first kappa shape index (κ1) is 28.6. The summed E-state index contributed by atoms with van der Waals surface area (Å²) in [4.78, 5) is 24.5. The number of methoxy groups -OCH3 is 2. The summed E-state index contributed by atoms with van der Waals surface area (Å²) in [6, 6.07) is 6.79. The Bertz CT molecular complexity index is 1250. The number of ether oxygens (including phenoxy) is 4. The van der Waals surface area contributed by atoms with Gasteiger partial charge in [0.2, 0.25) is 0 Å². The van der Waals surface area contributed by atoms with Gasteiger partial charge in [0.1, 0.15) is 6.61 Å². The molecule has 0 fully saturated rings. The van der Waals surface area contributed by atoms with Crippen LogP contribution in [-0.2, 0) is 9.53 Å². The molecule has 2 amide bonds. The van der Waals surface area contributed by atoms with Crippen LogP contribution in [-0.4, -0.2) is 62.1 Å².